The third-order valence-electron chi connectivity index (χ3n) is 8.23. The van der Waals surface area contributed by atoms with Crippen molar-refractivity contribution in [2.24, 2.45) is 0 Å². The fraction of sp³-hybridized carbons (Fsp3) is 0.324. The number of carbonyl (C=O) groups is 2. The zero-order valence-corrected chi connectivity index (χ0v) is 27.0. The van der Waals surface area contributed by atoms with Crippen molar-refractivity contribution in [2.45, 2.75) is 51.5 Å². The maximum Gasteiger partial charge on any atom is 0.254 e. The number of hydrogen-bond donors (Lipinski definition) is 1. The van der Waals surface area contributed by atoms with Crippen LogP contribution in [0.3, 0.4) is 0 Å². The summed E-state index contributed by atoms with van der Waals surface area (Å²) >= 11 is 3.41. The predicted molar refractivity (Wildman–Crippen MR) is 175 cm³/mol. The van der Waals surface area contributed by atoms with E-state index in [1.165, 1.54) is 17.5 Å². The monoisotopic (exact) mass is 677 g/mol. The number of rotatable bonds is 10. The lowest BCUT2D eigenvalue weighted by Gasteiger charge is -2.30. The van der Waals surface area contributed by atoms with Crippen molar-refractivity contribution in [3.05, 3.63) is 117 Å². The first-order chi connectivity index (χ1) is 20.9. The van der Waals surface area contributed by atoms with E-state index in [1.807, 2.05) is 53.4 Å². The fourth-order valence-electron chi connectivity index (χ4n) is 5.81. The Morgan fingerprint density at radius 3 is 2.45 bits per heavy atom. The lowest BCUT2D eigenvalue weighted by atomic mass is 9.94. The summed E-state index contributed by atoms with van der Waals surface area (Å²) in [5.74, 6) is 1.54. The Labute approximate surface area is 272 Å². The number of ketones is 1. The van der Waals surface area contributed by atoms with Crippen LogP contribution in [0.25, 0.3) is 0 Å². The maximum atomic E-state index is 13.0. The van der Waals surface area contributed by atoms with Crippen molar-refractivity contribution in [3.8, 4) is 5.75 Å². The number of nitrogens with zero attached hydrogens (tertiary/aromatic N) is 3. The number of aliphatic hydroxyl groups excluding tert-OH is 1. The van der Waals surface area contributed by atoms with Gasteiger partial charge >= 0.3 is 0 Å². The van der Waals surface area contributed by atoms with E-state index in [9.17, 15) is 14.7 Å². The third-order valence-corrected chi connectivity index (χ3v) is 8.75. The van der Waals surface area contributed by atoms with Gasteiger partial charge < -0.3 is 19.2 Å². The largest absolute Gasteiger partial charge is 0.486 e. The highest BCUT2D eigenvalue weighted by atomic mass is 79.9. The standard InChI is InChI=1S/C34H34BrN3O5.H2S/c35-29-6-3-23(4-7-29)34(41)38-14-12-24-15-26(1-2-28(24)19-38)33(40)10-8-30(39)20-37-13-11-25-16-31(9-5-27(25)18-37)42-21-32-17-36-22-43-32;/h1-7,9,15-17,22,30,39H,8,10-14,18-21H2;1H2/t30-;/m0./s1. The Hall–Kier alpha value is -3.44. The van der Waals surface area contributed by atoms with Gasteiger partial charge in [0.15, 0.2) is 17.9 Å². The highest BCUT2D eigenvalue weighted by Gasteiger charge is 2.24. The Morgan fingerprint density at radius 1 is 0.932 bits per heavy atom. The van der Waals surface area contributed by atoms with Crippen LogP contribution >= 0.6 is 29.4 Å². The lowest BCUT2D eigenvalue weighted by molar-refractivity contribution is 0.0734. The van der Waals surface area contributed by atoms with Gasteiger partial charge in [0, 0.05) is 54.7 Å². The molecule has 2 aliphatic rings. The molecule has 0 bridgehead atoms. The molecular weight excluding hydrogens is 642 g/mol. The SMILES string of the molecule is O=C(CC[C@H](O)CN1CCc2cc(OCc3cnco3)ccc2C1)c1ccc2c(c1)CCN(C(=O)c1ccc(Br)cc1)C2.S. The Morgan fingerprint density at radius 2 is 1.66 bits per heavy atom. The quantitative estimate of drug-likeness (QED) is 0.215. The van der Waals surface area contributed by atoms with Crippen molar-refractivity contribution < 1.29 is 23.8 Å². The summed E-state index contributed by atoms with van der Waals surface area (Å²) in [7, 11) is 0. The average molecular weight is 679 g/mol. The number of hydrogen-bond acceptors (Lipinski definition) is 7. The van der Waals surface area contributed by atoms with Gasteiger partial charge in [0.2, 0.25) is 0 Å². The molecule has 230 valence electrons. The van der Waals surface area contributed by atoms with E-state index in [0.717, 1.165) is 40.9 Å². The second-order valence-electron chi connectivity index (χ2n) is 11.3. The van der Waals surface area contributed by atoms with Crippen molar-refractivity contribution in [1.82, 2.24) is 14.8 Å². The molecule has 6 rings (SSSR count). The molecule has 8 nitrogen and oxygen atoms in total. The van der Waals surface area contributed by atoms with Gasteiger partial charge in [0.25, 0.3) is 5.91 Å². The number of aliphatic hydroxyl groups is 1. The minimum atomic E-state index is -0.578. The smallest absolute Gasteiger partial charge is 0.254 e. The predicted octanol–water partition coefficient (Wildman–Crippen LogP) is 5.71. The van der Waals surface area contributed by atoms with Gasteiger partial charge in [-0.15, -0.1) is 0 Å². The molecule has 0 saturated heterocycles. The van der Waals surface area contributed by atoms with Crippen molar-refractivity contribution in [1.29, 1.82) is 0 Å². The van der Waals surface area contributed by atoms with Crippen LogP contribution in [0.1, 0.15) is 61.6 Å². The second kappa shape index (κ2) is 14.6. The minimum absolute atomic E-state index is 0. The van der Waals surface area contributed by atoms with Crippen LogP contribution in [0.5, 0.6) is 5.75 Å². The van der Waals surface area contributed by atoms with E-state index in [-0.39, 0.29) is 25.2 Å². The van der Waals surface area contributed by atoms with Gasteiger partial charge in [-0.3, -0.25) is 14.5 Å². The summed E-state index contributed by atoms with van der Waals surface area (Å²) in [6.07, 6.45) is 4.77. The first kappa shape index (κ1) is 32.0. The number of ether oxygens (including phenoxy) is 1. The zero-order valence-electron chi connectivity index (χ0n) is 24.4. The summed E-state index contributed by atoms with van der Waals surface area (Å²) < 4.78 is 12.0. The number of amides is 1. The molecule has 0 aliphatic carbocycles. The summed E-state index contributed by atoms with van der Waals surface area (Å²) in [5.41, 5.74) is 6.02. The van der Waals surface area contributed by atoms with Crippen molar-refractivity contribution >= 4 is 41.1 Å². The van der Waals surface area contributed by atoms with E-state index in [4.69, 9.17) is 9.15 Å². The Bertz CT molecular complexity index is 1600. The number of fused-ring (bicyclic) bond motifs is 2. The third kappa shape index (κ3) is 7.79. The molecule has 44 heavy (non-hydrogen) atoms. The van der Waals surface area contributed by atoms with Gasteiger partial charge in [-0.1, -0.05) is 34.1 Å². The summed E-state index contributed by atoms with van der Waals surface area (Å²) in [6, 6.07) is 19.3. The lowest BCUT2D eigenvalue weighted by Crippen LogP contribution is -2.36. The number of oxazole rings is 1. The highest BCUT2D eigenvalue weighted by molar-refractivity contribution is 9.10. The van der Waals surface area contributed by atoms with E-state index in [1.54, 1.807) is 6.20 Å². The van der Waals surface area contributed by atoms with Crippen molar-refractivity contribution in [3.63, 3.8) is 0 Å². The molecular formula is C34H36BrN3O5S. The highest BCUT2D eigenvalue weighted by Crippen LogP contribution is 2.26. The van der Waals surface area contributed by atoms with Crippen LogP contribution in [0.15, 0.2) is 82.1 Å². The van der Waals surface area contributed by atoms with Gasteiger partial charge in [-0.2, -0.15) is 13.5 Å². The molecule has 0 saturated carbocycles. The number of Topliss-reactive ketones (excluding diaryl/α,β-unsaturated/α-hetero) is 1. The molecule has 10 heteroatoms. The molecule has 0 unspecified atom stereocenters. The van der Waals surface area contributed by atoms with Gasteiger partial charge in [-0.25, -0.2) is 4.98 Å². The van der Waals surface area contributed by atoms with Crippen LogP contribution in [0.2, 0.25) is 0 Å². The molecule has 1 amide bonds. The molecule has 2 aliphatic heterocycles. The van der Waals surface area contributed by atoms with E-state index in [2.05, 4.69) is 37.9 Å². The molecule has 3 aromatic carbocycles. The van der Waals surface area contributed by atoms with Crippen molar-refractivity contribution in [2.75, 3.05) is 19.6 Å². The maximum absolute atomic E-state index is 13.0. The van der Waals surface area contributed by atoms with Crippen LogP contribution in [0, 0.1) is 0 Å². The van der Waals surface area contributed by atoms with Gasteiger partial charge in [0.05, 0.1) is 12.3 Å². The number of β-amino-alcohol motifs (C(OH)–C–C–N with tert-alkyl or cyclic N) is 1. The first-order valence-corrected chi connectivity index (χ1v) is 15.4. The van der Waals surface area contributed by atoms with E-state index >= 15 is 0 Å². The first-order valence-electron chi connectivity index (χ1n) is 14.6. The molecule has 3 heterocycles. The second-order valence-corrected chi connectivity index (χ2v) is 12.2. The summed E-state index contributed by atoms with van der Waals surface area (Å²) in [5, 5.41) is 10.8. The molecule has 0 spiro atoms. The van der Waals surface area contributed by atoms with Gasteiger partial charge in [-0.05, 0) is 84.0 Å². The summed E-state index contributed by atoms with van der Waals surface area (Å²) in [6.45, 7) is 3.63. The average Bonchev–Trinajstić information content (AvgIpc) is 3.56. The Kier molecular flexibility index (Phi) is 10.6. The van der Waals surface area contributed by atoms with Crippen LogP contribution < -0.4 is 4.74 Å². The fourth-order valence-corrected chi connectivity index (χ4v) is 6.07. The molecule has 1 aromatic heterocycles. The number of aromatic nitrogens is 1. The topological polar surface area (TPSA) is 96.1 Å². The molecule has 0 fully saturated rings. The number of benzene rings is 3. The van der Waals surface area contributed by atoms with E-state index in [0.29, 0.717) is 62.4 Å². The molecule has 1 N–H and O–H groups in total. The Balaban J connectivity index is 0.00000384. The molecule has 0 radical (unpaired) electrons. The van der Waals surface area contributed by atoms with Crippen LogP contribution in [-0.2, 0) is 32.5 Å². The summed E-state index contributed by atoms with van der Waals surface area (Å²) in [4.78, 5) is 34.0. The minimum Gasteiger partial charge on any atom is -0.486 e. The normalized spacial score (nSPS) is 15.1. The number of halogens is 1. The van der Waals surface area contributed by atoms with Crippen LogP contribution in [0.4, 0.5) is 0 Å². The zero-order chi connectivity index (χ0) is 29.8. The molecule has 4 aromatic rings. The number of carbonyl (C=O) groups excluding carboxylic acids is 2. The van der Waals surface area contributed by atoms with Gasteiger partial charge in [0.1, 0.15) is 12.4 Å². The van der Waals surface area contributed by atoms with E-state index < -0.39 is 6.10 Å². The van der Waals surface area contributed by atoms with Crippen LogP contribution in [-0.4, -0.2) is 57.3 Å². The molecule has 1 atom stereocenters.